The second-order valence-electron chi connectivity index (χ2n) is 1.59. The average Bonchev–Trinajstić information content (AvgIpc) is 1.89. The van der Waals surface area contributed by atoms with E-state index in [0.29, 0.717) is 0 Å². The summed E-state index contributed by atoms with van der Waals surface area (Å²) < 4.78 is 0. The van der Waals surface area contributed by atoms with E-state index in [-0.39, 0.29) is 18.0 Å². The van der Waals surface area contributed by atoms with Gasteiger partial charge in [0.2, 0.25) is 0 Å². The Morgan fingerprint density at radius 3 is 2.60 bits per heavy atom. The van der Waals surface area contributed by atoms with Crippen LogP contribution in [-0.2, 0) is 14.6 Å². The minimum Gasteiger partial charge on any atom is -0.294 e. The summed E-state index contributed by atoms with van der Waals surface area (Å²) in [5.74, 6) is 1.72. The van der Waals surface area contributed by atoms with Crippen molar-refractivity contribution in [1.29, 1.82) is 5.41 Å². The molecule has 0 bridgehead atoms. The molecule has 0 heterocycles. The van der Waals surface area contributed by atoms with Gasteiger partial charge in [0.25, 0.3) is 0 Å². The van der Waals surface area contributed by atoms with Crippen LogP contribution in [0.3, 0.4) is 0 Å². The van der Waals surface area contributed by atoms with Gasteiger partial charge in [0, 0.05) is 0 Å². The first-order valence-electron chi connectivity index (χ1n) is 2.67. The van der Waals surface area contributed by atoms with E-state index in [4.69, 9.17) is 5.41 Å². The molecule has 0 aromatic heterocycles. The van der Waals surface area contributed by atoms with Gasteiger partial charge in [-0.25, -0.2) is 9.78 Å². The Morgan fingerprint density at radius 2 is 2.30 bits per heavy atom. The van der Waals surface area contributed by atoms with Crippen molar-refractivity contribution in [1.82, 2.24) is 0 Å². The van der Waals surface area contributed by atoms with Gasteiger partial charge in [-0.3, -0.25) is 10.2 Å². The molecule has 0 aromatic rings. The van der Waals surface area contributed by atoms with Crippen LogP contribution < -0.4 is 0 Å². The lowest BCUT2D eigenvalue weighted by atomic mass is 10.2. The zero-order valence-electron chi connectivity index (χ0n) is 5.93. The van der Waals surface area contributed by atoms with Crippen molar-refractivity contribution in [3.8, 4) is 0 Å². The van der Waals surface area contributed by atoms with Gasteiger partial charge >= 0.3 is 0 Å². The molecule has 0 aliphatic rings. The number of ketones is 1. The van der Waals surface area contributed by atoms with Crippen molar-refractivity contribution in [3.05, 3.63) is 5.57 Å². The standard InChI is InChI=1S/C6H9NO3/c1-5(8)6(3-7)4-10-9-2/h7H,4H2,1-2H3. The van der Waals surface area contributed by atoms with Crippen molar-refractivity contribution in [2.75, 3.05) is 13.7 Å². The second-order valence-corrected chi connectivity index (χ2v) is 1.59. The number of nitrogens with one attached hydrogen (secondary N) is 1. The van der Waals surface area contributed by atoms with E-state index in [2.05, 4.69) is 9.78 Å². The molecule has 4 heteroatoms. The van der Waals surface area contributed by atoms with E-state index < -0.39 is 0 Å². The van der Waals surface area contributed by atoms with Crippen molar-refractivity contribution in [2.24, 2.45) is 0 Å². The third-order valence-electron chi connectivity index (χ3n) is 0.897. The molecule has 0 fully saturated rings. The van der Waals surface area contributed by atoms with Crippen LogP contribution >= 0.6 is 0 Å². The predicted octanol–water partition coefficient (Wildman–Crippen LogP) is 0.328. The van der Waals surface area contributed by atoms with Crippen LogP contribution in [0.15, 0.2) is 5.57 Å². The van der Waals surface area contributed by atoms with Crippen molar-refractivity contribution < 1.29 is 14.6 Å². The lowest BCUT2D eigenvalue weighted by Gasteiger charge is -1.97. The molecule has 0 saturated heterocycles. The highest BCUT2D eigenvalue weighted by Gasteiger charge is 2.02. The Morgan fingerprint density at radius 1 is 1.70 bits per heavy atom. The molecule has 0 aromatic carbocycles. The van der Waals surface area contributed by atoms with Crippen molar-refractivity contribution >= 4 is 11.7 Å². The number of hydrogen-bond acceptors (Lipinski definition) is 4. The number of Topliss-reactive ketones (excluding diaryl/α,β-unsaturated/α-hetero) is 1. The molecule has 4 nitrogen and oxygen atoms in total. The molecule has 0 saturated carbocycles. The molecule has 0 radical (unpaired) electrons. The summed E-state index contributed by atoms with van der Waals surface area (Å²) in [5, 5.41) is 6.63. The summed E-state index contributed by atoms with van der Waals surface area (Å²) >= 11 is 0. The Kier molecular flexibility index (Phi) is 4.41. The van der Waals surface area contributed by atoms with Crippen LogP contribution in [-0.4, -0.2) is 25.4 Å². The summed E-state index contributed by atoms with van der Waals surface area (Å²) in [6.07, 6.45) is 0. The molecular weight excluding hydrogens is 134 g/mol. The molecule has 0 unspecified atom stereocenters. The number of hydrogen-bond donors (Lipinski definition) is 1. The second kappa shape index (κ2) is 4.88. The van der Waals surface area contributed by atoms with Gasteiger partial charge in [-0.15, -0.1) is 0 Å². The van der Waals surface area contributed by atoms with Gasteiger partial charge in [-0.05, 0) is 12.8 Å². The van der Waals surface area contributed by atoms with E-state index in [9.17, 15) is 4.79 Å². The molecule has 0 aliphatic carbocycles. The maximum atomic E-state index is 10.5. The van der Waals surface area contributed by atoms with E-state index in [1.54, 1.807) is 0 Å². The van der Waals surface area contributed by atoms with Crippen molar-refractivity contribution in [3.63, 3.8) is 0 Å². The smallest absolute Gasteiger partial charge is 0.167 e. The summed E-state index contributed by atoms with van der Waals surface area (Å²) in [5.41, 5.74) is 0.168. The maximum absolute atomic E-state index is 10.5. The normalized spacial score (nSPS) is 8.60. The van der Waals surface area contributed by atoms with Gasteiger partial charge in [0.05, 0.1) is 12.7 Å². The predicted molar refractivity (Wildman–Crippen MR) is 34.9 cm³/mol. The van der Waals surface area contributed by atoms with Gasteiger partial charge in [-0.1, -0.05) is 0 Å². The fourth-order valence-corrected chi connectivity index (χ4v) is 0.344. The minimum atomic E-state index is -0.230. The highest BCUT2D eigenvalue weighted by Crippen LogP contribution is 1.90. The van der Waals surface area contributed by atoms with Crippen LogP contribution in [0.25, 0.3) is 0 Å². The SMILES string of the molecule is COOCC(=C=N)C(C)=O. The Balaban J connectivity index is 3.87. The quantitative estimate of drug-likeness (QED) is 0.267. The van der Waals surface area contributed by atoms with E-state index in [0.717, 1.165) is 0 Å². The zero-order chi connectivity index (χ0) is 7.98. The van der Waals surface area contributed by atoms with Crippen LogP contribution in [0.4, 0.5) is 0 Å². The van der Waals surface area contributed by atoms with E-state index in [1.807, 2.05) is 5.87 Å². The van der Waals surface area contributed by atoms with Gasteiger partial charge in [-0.2, -0.15) is 0 Å². The largest absolute Gasteiger partial charge is 0.294 e. The fraction of sp³-hybridized carbons (Fsp3) is 0.500. The molecule has 0 aliphatic heterocycles. The Labute approximate surface area is 58.9 Å². The first-order valence-corrected chi connectivity index (χ1v) is 2.67. The van der Waals surface area contributed by atoms with Gasteiger partial charge < -0.3 is 0 Å². The lowest BCUT2D eigenvalue weighted by Crippen LogP contribution is -2.05. The molecule has 1 N–H and O–H groups in total. The van der Waals surface area contributed by atoms with E-state index in [1.165, 1.54) is 14.0 Å². The van der Waals surface area contributed by atoms with Crippen LogP contribution in [0.1, 0.15) is 6.92 Å². The topological polar surface area (TPSA) is 59.4 Å². The molecule has 0 atom stereocenters. The monoisotopic (exact) mass is 143 g/mol. The first kappa shape index (κ1) is 9.04. The summed E-state index contributed by atoms with van der Waals surface area (Å²) in [6, 6.07) is 0. The highest BCUT2D eigenvalue weighted by atomic mass is 17.2. The number of carbonyl (C=O) groups excluding carboxylic acids is 1. The Bertz CT molecular complexity index is 170. The minimum absolute atomic E-state index is 0.0185. The highest BCUT2D eigenvalue weighted by molar-refractivity contribution is 6.01. The zero-order valence-corrected chi connectivity index (χ0v) is 5.93. The summed E-state index contributed by atoms with van der Waals surface area (Å²) in [7, 11) is 1.34. The first-order chi connectivity index (χ1) is 4.72. The van der Waals surface area contributed by atoms with Crippen LogP contribution in [0.2, 0.25) is 0 Å². The maximum Gasteiger partial charge on any atom is 0.167 e. The molecule has 56 valence electrons. The summed E-state index contributed by atoms with van der Waals surface area (Å²) in [4.78, 5) is 19.2. The van der Waals surface area contributed by atoms with Crippen LogP contribution in [0, 0.1) is 5.41 Å². The number of rotatable bonds is 4. The number of carbonyl (C=O) groups is 1. The van der Waals surface area contributed by atoms with E-state index >= 15 is 0 Å². The van der Waals surface area contributed by atoms with Gasteiger partial charge in [0.1, 0.15) is 6.61 Å². The summed E-state index contributed by atoms with van der Waals surface area (Å²) in [6.45, 7) is 1.32. The Hall–Kier alpha value is -0.960. The third-order valence-corrected chi connectivity index (χ3v) is 0.897. The lowest BCUT2D eigenvalue weighted by molar-refractivity contribution is -0.264. The molecule has 0 spiro atoms. The molecule has 0 amide bonds. The fourth-order valence-electron chi connectivity index (χ4n) is 0.344. The van der Waals surface area contributed by atoms with Crippen molar-refractivity contribution in [2.45, 2.75) is 6.92 Å². The average molecular weight is 143 g/mol. The van der Waals surface area contributed by atoms with Crippen LogP contribution in [0.5, 0.6) is 0 Å². The molecular formula is C6H9NO3. The molecule has 0 rings (SSSR count). The molecule has 10 heavy (non-hydrogen) atoms. The van der Waals surface area contributed by atoms with Gasteiger partial charge in [0.15, 0.2) is 5.78 Å². The third kappa shape index (κ3) is 3.14.